The Balaban J connectivity index is 1.89. The van der Waals surface area contributed by atoms with E-state index < -0.39 is 5.97 Å². The lowest BCUT2D eigenvalue weighted by atomic mass is 10.0. The zero-order valence-corrected chi connectivity index (χ0v) is 17.8. The van der Waals surface area contributed by atoms with Gasteiger partial charge in [0.1, 0.15) is 11.5 Å². The van der Waals surface area contributed by atoms with Crippen molar-refractivity contribution in [1.29, 1.82) is 0 Å². The molecule has 30 heavy (non-hydrogen) atoms. The molecule has 7 nitrogen and oxygen atoms in total. The van der Waals surface area contributed by atoms with Crippen molar-refractivity contribution in [2.75, 3.05) is 19.8 Å². The Morgan fingerprint density at radius 2 is 1.80 bits per heavy atom. The second-order valence-corrected chi connectivity index (χ2v) is 6.89. The van der Waals surface area contributed by atoms with Gasteiger partial charge in [0.25, 0.3) is 5.91 Å². The smallest absolute Gasteiger partial charge is 0.344 e. The zero-order valence-electron chi connectivity index (χ0n) is 17.8. The Labute approximate surface area is 177 Å². The van der Waals surface area contributed by atoms with Crippen molar-refractivity contribution in [3.05, 3.63) is 59.2 Å². The number of carbonyl (C=O) groups is 2. The zero-order chi connectivity index (χ0) is 21.9. The highest BCUT2D eigenvalue weighted by Gasteiger charge is 2.08. The third kappa shape index (κ3) is 7.24. The summed E-state index contributed by atoms with van der Waals surface area (Å²) in [5, 5.41) is 3.95. The highest BCUT2D eigenvalue weighted by molar-refractivity contribution is 5.85. The minimum atomic E-state index is -0.452. The molecule has 0 saturated carbocycles. The summed E-state index contributed by atoms with van der Waals surface area (Å²) < 4.78 is 15.9. The number of hydrogen-bond acceptors (Lipinski definition) is 6. The highest BCUT2D eigenvalue weighted by Crippen LogP contribution is 2.24. The fourth-order valence-corrected chi connectivity index (χ4v) is 2.54. The van der Waals surface area contributed by atoms with Gasteiger partial charge in [0.05, 0.1) is 12.8 Å². The SMILES string of the molecule is CCOC(=O)COc1ccccc1/C=N\NC(=O)COc1cc(C(C)C)ccc1C. The minimum Gasteiger partial charge on any atom is -0.483 e. The number of benzene rings is 2. The van der Waals surface area contributed by atoms with E-state index in [1.165, 1.54) is 6.21 Å². The highest BCUT2D eigenvalue weighted by atomic mass is 16.6. The third-order valence-electron chi connectivity index (χ3n) is 4.20. The molecule has 2 aromatic carbocycles. The van der Waals surface area contributed by atoms with Gasteiger partial charge < -0.3 is 14.2 Å². The van der Waals surface area contributed by atoms with Crippen LogP contribution in [0.25, 0.3) is 0 Å². The van der Waals surface area contributed by atoms with E-state index in [0.29, 0.717) is 29.6 Å². The number of para-hydroxylation sites is 1. The average Bonchev–Trinajstić information content (AvgIpc) is 2.72. The van der Waals surface area contributed by atoms with E-state index in [0.717, 1.165) is 11.1 Å². The molecule has 1 N–H and O–H groups in total. The molecule has 0 fully saturated rings. The van der Waals surface area contributed by atoms with Gasteiger partial charge >= 0.3 is 5.97 Å². The van der Waals surface area contributed by atoms with Gasteiger partial charge in [-0.25, -0.2) is 10.2 Å². The molecule has 0 atom stereocenters. The van der Waals surface area contributed by atoms with Gasteiger partial charge in [-0.1, -0.05) is 38.1 Å². The van der Waals surface area contributed by atoms with Crippen LogP contribution in [0.1, 0.15) is 43.4 Å². The second kappa shape index (κ2) is 11.6. The average molecular weight is 412 g/mol. The van der Waals surface area contributed by atoms with E-state index in [1.807, 2.05) is 19.1 Å². The lowest BCUT2D eigenvalue weighted by Crippen LogP contribution is -2.24. The summed E-state index contributed by atoms with van der Waals surface area (Å²) >= 11 is 0. The maximum Gasteiger partial charge on any atom is 0.344 e. The number of carbonyl (C=O) groups excluding carboxylic acids is 2. The number of ether oxygens (including phenoxy) is 3. The molecule has 0 saturated heterocycles. The summed E-state index contributed by atoms with van der Waals surface area (Å²) in [7, 11) is 0. The van der Waals surface area contributed by atoms with E-state index in [1.54, 1.807) is 31.2 Å². The number of nitrogens with zero attached hydrogens (tertiary/aromatic N) is 1. The molecule has 0 bridgehead atoms. The molecule has 0 unspecified atom stereocenters. The van der Waals surface area contributed by atoms with Crippen LogP contribution >= 0.6 is 0 Å². The number of amides is 1. The number of rotatable bonds is 10. The number of nitrogens with one attached hydrogen (secondary N) is 1. The van der Waals surface area contributed by atoms with Crippen molar-refractivity contribution in [2.24, 2.45) is 5.10 Å². The summed E-state index contributed by atoms with van der Waals surface area (Å²) in [6.45, 7) is 7.80. The summed E-state index contributed by atoms with van der Waals surface area (Å²) in [4.78, 5) is 23.5. The van der Waals surface area contributed by atoms with Gasteiger partial charge in [0.2, 0.25) is 0 Å². The molecule has 0 aliphatic heterocycles. The number of aryl methyl sites for hydroxylation is 1. The molecule has 7 heteroatoms. The molecule has 160 valence electrons. The molecule has 2 rings (SSSR count). The van der Waals surface area contributed by atoms with Gasteiger partial charge in [-0.3, -0.25) is 4.79 Å². The molecule has 0 aliphatic carbocycles. The molecule has 0 aliphatic rings. The molecule has 0 spiro atoms. The summed E-state index contributed by atoms with van der Waals surface area (Å²) in [6, 6.07) is 13.0. The Bertz CT molecular complexity index is 893. The number of hydrogen-bond donors (Lipinski definition) is 1. The molecule has 0 aromatic heterocycles. The Morgan fingerprint density at radius 1 is 1.07 bits per heavy atom. The van der Waals surface area contributed by atoms with Crippen LogP contribution in [0.2, 0.25) is 0 Å². The van der Waals surface area contributed by atoms with Gasteiger partial charge in [0, 0.05) is 5.56 Å². The van der Waals surface area contributed by atoms with Crippen LogP contribution < -0.4 is 14.9 Å². The molecule has 0 heterocycles. The van der Waals surface area contributed by atoms with Crippen molar-refractivity contribution in [1.82, 2.24) is 5.43 Å². The van der Waals surface area contributed by atoms with Crippen molar-refractivity contribution >= 4 is 18.1 Å². The molecular weight excluding hydrogens is 384 g/mol. The largest absolute Gasteiger partial charge is 0.483 e. The van der Waals surface area contributed by atoms with Gasteiger partial charge in [-0.05, 0) is 49.1 Å². The van der Waals surface area contributed by atoms with Crippen molar-refractivity contribution in [2.45, 2.75) is 33.6 Å². The van der Waals surface area contributed by atoms with Crippen molar-refractivity contribution in [3.8, 4) is 11.5 Å². The lowest BCUT2D eigenvalue weighted by Gasteiger charge is -2.12. The first kappa shape index (κ1) is 22.9. The topological polar surface area (TPSA) is 86.2 Å². The van der Waals surface area contributed by atoms with Crippen LogP contribution in [-0.2, 0) is 14.3 Å². The third-order valence-corrected chi connectivity index (χ3v) is 4.20. The van der Waals surface area contributed by atoms with Gasteiger partial charge in [-0.15, -0.1) is 0 Å². The van der Waals surface area contributed by atoms with Gasteiger partial charge in [0.15, 0.2) is 13.2 Å². The molecule has 0 radical (unpaired) electrons. The predicted octanol–water partition coefficient (Wildman–Crippen LogP) is 3.59. The fraction of sp³-hybridized carbons (Fsp3) is 0.348. The standard InChI is InChI=1S/C23H28N2O5/c1-5-28-23(27)15-30-20-9-7-6-8-19(20)13-24-25-22(26)14-29-21-12-18(16(2)3)11-10-17(21)4/h6-13,16H,5,14-15H2,1-4H3,(H,25,26)/b24-13-. The minimum absolute atomic E-state index is 0.152. The summed E-state index contributed by atoms with van der Waals surface area (Å²) in [5.41, 5.74) is 5.15. The van der Waals surface area contributed by atoms with Crippen LogP contribution in [-0.4, -0.2) is 37.9 Å². The van der Waals surface area contributed by atoms with E-state index in [2.05, 4.69) is 30.4 Å². The van der Waals surface area contributed by atoms with Crippen LogP contribution in [0.15, 0.2) is 47.6 Å². The Morgan fingerprint density at radius 3 is 2.53 bits per heavy atom. The van der Waals surface area contributed by atoms with Crippen LogP contribution in [0.3, 0.4) is 0 Å². The van der Waals surface area contributed by atoms with E-state index >= 15 is 0 Å². The number of hydrazone groups is 1. The number of esters is 1. The molecule has 2 aromatic rings. The van der Waals surface area contributed by atoms with E-state index in [9.17, 15) is 9.59 Å². The Hall–Kier alpha value is -3.35. The molecule has 1 amide bonds. The first-order valence-corrected chi connectivity index (χ1v) is 9.83. The normalized spacial score (nSPS) is 10.8. The maximum atomic E-state index is 12.1. The lowest BCUT2D eigenvalue weighted by molar-refractivity contribution is -0.145. The summed E-state index contributed by atoms with van der Waals surface area (Å²) in [5.74, 6) is 0.675. The van der Waals surface area contributed by atoms with E-state index in [-0.39, 0.29) is 19.1 Å². The maximum absolute atomic E-state index is 12.1. The predicted molar refractivity (Wildman–Crippen MR) is 115 cm³/mol. The van der Waals surface area contributed by atoms with Crippen molar-refractivity contribution in [3.63, 3.8) is 0 Å². The monoisotopic (exact) mass is 412 g/mol. The molecular formula is C23H28N2O5. The summed E-state index contributed by atoms with van der Waals surface area (Å²) in [6.07, 6.45) is 1.45. The van der Waals surface area contributed by atoms with E-state index in [4.69, 9.17) is 14.2 Å². The first-order chi connectivity index (χ1) is 14.4. The van der Waals surface area contributed by atoms with Crippen LogP contribution in [0, 0.1) is 6.92 Å². The second-order valence-electron chi connectivity index (χ2n) is 6.89. The fourth-order valence-electron chi connectivity index (χ4n) is 2.54. The first-order valence-electron chi connectivity index (χ1n) is 9.83. The quantitative estimate of drug-likeness (QED) is 0.366. The Kier molecular flexibility index (Phi) is 8.87. The van der Waals surface area contributed by atoms with Crippen molar-refractivity contribution < 1.29 is 23.8 Å². The van der Waals surface area contributed by atoms with Gasteiger partial charge in [-0.2, -0.15) is 5.10 Å². The van der Waals surface area contributed by atoms with Crippen LogP contribution in [0.4, 0.5) is 0 Å². The van der Waals surface area contributed by atoms with Crippen LogP contribution in [0.5, 0.6) is 11.5 Å².